The standard InChI is InChI=1S/C24H19FN4O4/c1-33-21-4-2-3-17(13-21)22-14-23(24(30)26-15-16-5-7-18(25)8-6-16)28(27-22)19-9-11-20(12-10-19)29(31)32/h2-14H,15H2,1H3,(H,26,30). The van der Waals surface area contributed by atoms with Gasteiger partial charge in [-0.1, -0.05) is 24.3 Å². The van der Waals surface area contributed by atoms with Gasteiger partial charge in [0, 0.05) is 24.2 Å². The number of nitro benzene ring substituents is 1. The molecular weight excluding hydrogens is 427 g/mol. The average Bonchev–Trinajstić information content (AvgIpc) is 3.29. The van der Waals surface area contributed by atoms with Crippen LogP contribution in [0.1, 0.15) is 16.1 Å². The highest BCUT2D eigenvalue weighted by molar-refractivity contribution is 5.94. The highest BCUT2D eigenvalue weighted by Crippen LogP contribution is 2.26. The maximum Gasteiger partial charge on any atom is 0.270 e. The quantitative estimate of drug-likeness (QED) is 0.332. The Morgan fingerprint density at radius 3 is 2.48 bits per heavy atom. The van der Waals surface area contributed by atoms with Crippen LogP contribution in [0.25, 0.3) is 16.9 Å². The van der Waals surface area contributed by atoms with Gasteiger partial charge in [-0.05, 0) is 48.0 Å². The van der Waals surface area contributed by atoms with Crippen molar-refractivity contribution in [3.63, 3.8) is 0 Å². The topological polar surface area (TPSA) is 99.3 Å². The molecule has 0 aliphatic rings. The molecule has 0 saturated heterocycles. The fourth-order valence-electron chi connectivity index (χ4n) is 3.25. The smallest absolute Gasteiger partial charge is 0.270 e. The van der Waals surface area contributed by atoms with Gasteiger partial charge in [-0.2, -0.15) is 5.10 Å². The van der Waals surface area contributed by atoms with Crippen LogP contribution in [0.2, 0.25) is 0 Å². The van der Waals surface area contributed by atoms with Gasteiger partial charge in [-0.3, -0.25) is 14.9 Å². The minimum atomic E-state index is -0.495. The predicted octanol–water partition coefficient (Wildman–Crippen LogP) is 4.53. The number of methoxy groups -OCH3 is 1. The van der Waals surface area contributed by atoms with E-state index in [1.165, 1.54) is 41.1 Å². The van der Waals surface area contributed by atoms with E-state index in [-0.39, 0.29) is 23.7 Å². The summed E-state index contributed by atoms with van der Waals surface area (Å²) in [6.45, 7) is 0.193. The van der Waals surface area contributed by atoms with Gasteiger partial charge in [0.2, 0.25) is 0 Å². The normalized spacial score (nSPS) is 10.6. The molecule has 1 aromatic heterocycles. The second kappa shape index (κ2) is 9.31. The molecule has 1 N–H and O–H groups in total. The van der Waals surface area contributed by atoms with Crippen LogP contribution in [0.15, 0.2) is 78.9 Å². The first-order valence-corrected chi connectivity index (χ1v) is 9.96. The third-order valence-electron chi connectivity index (χ3n) is 4.98. The molecule has 0 bridgehead atoms. The van der Waals surface area contributed by atoms with Crippen molar-refractivity contribution >= 4 is 11.6 Å². The Kier molecular flexibility index (Phi) is 6.12. The molecule has 1 amide bonds. The summed E-state index contributed by atoms with van der Waals surface area (Å²) < 4.78 is 19.8. The summed E-state index contributed by atoms with van der Waals surface area (Å²) in [5.74, 6) is -0.122. The van der Waals surface area contributed by atoms with Gasteiger partial charge in [-0.25, -0.2) is 9.07 Å². The van der Waals surface area contributed by atoms with E-state index in [1.807, 2.05) is 12.1 Å². The first-order chi connectivity index (χ1) is 15.9. The fourth-order valence-corrected chi connectivity index (χ4v) is 3.25. The molecule has 33 heavy (non-hydrogen) atoms. The van der Waals surface area contributed by atoms with E-state index in [9.17, 15) is 19.3 Å². The van der Waals surface area contributed by atoms with Gasteiger partial charge in [0.25, 0.3) is 11.6 Å². The van der Waals surface area contributed by atoms with E-state index >= 15 is 0 Å². The molecule has 0 radical (unpaired) electrons. The Balaban J connectivity index is 1.69. The number of ether oxygens (including phenoxy) is 1. The molecule has 0 saturated carbocycles. The molecule has 4 aromatic rings. The molecule has 0 unspecified atom stereocenters. The van der Waals surface area contributed by atoms with Crippen LogP contribution in [0.3, 0.4) is 0 Å². The number of nitrogens with one attached hydrogen (secondary N) is 1. The minimum Gasteiger partial charge on any atom is -0.497 e. The number of benzene rings is 3. The first-order valence-electron chi connectivity index (χ1n) is 9.96. The van der Waals surface area contributed by atoms with E-state index in [2.05, 4.69) is 10.4 Å². The second-order valence-electron chi connectivity index (χ2n) is 7.14. The number of non-ortho nitro benzene ring substituents is 1. The van der Waals surface area contributed by atoms with Crippen LogP contribution in [0.5, 0.6) is 5.75 Å². The number of nitro groups is 1. The maximum atomic E-state index is 13.1. The number of rotatable bonds is 7. The summed E-state index contributed by atoms with van der Waals surface area (Å²) in [4.78, 5) is 23.5. The Labute approximate surface area is 188 Å². The van der Waals surface area contributed by atoms with Crippen LogP contribution in [-0.2, 0) is 6.54 Å². The van der Waals surface area contributed by atoms with Gasteiger partial charge in [0.15, 0.2) is 0 Å². The lowest BCUT2D eigenvalue weighted by molar-refractivity contribution is -0.384. The van der Waals surface area contributed by atoms with Crippen molar-refractivity contribution in [2.45, 2.75) is 6.54 Å². The molecule has 166 valence electrons. The molecule has 0 aliphatic carbocycles. The first kappa shape index (κ1) is 21.7. The lowest BCUT2D eigenvalue weighted by Gasteiger charge is -2.08. The monoisotopic (exact) mass is 446 g/mol. The van der Waals surface area contributed by atoms with Crippen LogP contribution in [0, 0.1) is 15.9 Å². The van der Waals surface area contributed by atoms with Crippen molar-refractivity contribution in [2.75, 3.05) is 7.11 Å². The van der Waals surface area contributed by atoms with Crippen molar-refractivity contribution in [1.82, 2.24) is 15.1 Å². The third kappa shape index (κ3) is 4.87. The summed E-state index contributed by atoms with van der Waals surface area (Å²) in [6, 6.07) is 20.5. The van der Waals surface area contributed by atoms with E-state index in [4.69, 9.17) is 4.74 Å². The van der Waals surface area contributed by atoms with Crippen LogP contribution in [-0.4, -0.2) is 27.7 Å². The Morgan fingerprint density at radius 1 is 1.09 bits per heavy atom. The van der Waals surface area contributed by atoms with Crippen molar-refractivity contribution in [2.24, 2.45) is 0 Å². The molecule has 0 aliphatic heterocycles. The van der Waals surface area contributed by atoms with Gasteiger partial charge in [0.1, 0.15) is 17.3 Å². The Morgan fingerprint density at radius 2 is 1.82 bits per heavy atom. The molecule has 4 rings (SSSR count). The van der Waals surface area contributed by atoms with Gasteiger partial charge >= 0.3 is 0 Å². The van der Waals surface area contributed by atoms with Crippen LogP contribution in [0.4, 0.5) is 10.1 Å². The summed E-state index contributed by atoms with van der Waals surface area (Å²) in [5.41, 5.74) is 2.66. The molecule has 0 spiro atoms. The number of hydrogen-bond acceptors (Lipinski definition) is 5. The molecule has 0 fully saturated rings. The SMILES string of the molecule is COc1cccc(-c2cc(C(=O)NCc3ccc(F)cc3)n(-c3ccc([N+](=O)[O-])cc3)n2)c1. The molecule has 3 aromatic carbocycles. The largest absolute Gasteiger partial charge is 0.497 e. The lowest BCUT2D eigenvalue weighted by atomic mass is 10.1. The second-order valence-corrected chi connectivity index (χ2v) is 7.14. The third-order valence-corrected chi connectivity index (χ3v) is 4.98. The Hall–Kier alpha value is -4.53. The summed E-state index contributed by atoms with van der Waals surface area (Å²) >= 11 is 0. The highest BCUT2D eigenvalue weighted by atomic mass is 19.1. The molecule has 1 heterocycles. The van der Waals surface area contributed by atoms with Crippen LogP contribution >= 0.6 is 0 Å². The van der Waals surface area contributed by atoms with Gasteiger partial charge in [0.05, 0.1) is 23.4 Å². The number of aromatic nitrogens is 2. The molecule has 8 nitrogen and oxygen atoms in total. The van der Waals surface area contributed by atoms with E-state index < -0.39 is 10.8 Å². The summed E-state index contributed by atoms with van der Waals surface area (Å²) in [7, 11) is 1.56. The van der Waals surface area contributed by atoms with E-state index in [0.717, 1.165) is 11.1 Å². The number of carbonyl (C=O) groups is 1. The van der Waals surface area contributed by atoms with Gasteiger partial charge in [-0.15, -0.1) is 0 Å². The minimum absolute atomic E-state index is 0.0683. The van der Waals surface area contributed by atoms with Crippen molar-refractivity contribution in [1.29, 1.82) is 0 Å². The Bertz CT molecular complexity index is 1300. The van der Waals surface area contributed by atoms with Crippen LogP contribution < -0.4 is 10.1 Å². The average molecular weight is 446 g/mol. The van der Waals surface area contributed by atoms with Gasteiger partial charge < -0.3 is 10.1 Å². The lowest BCUT2D eigenvalue weighted by Crippen LogP contribution is -2.25. The number of nitrogens with zero attached hydrogens (tertiary/aromatic N) is 3. The van der Waals surface area contributed by atoms with Crippen molar-refractivity contribution in [3.8, 4) is 22.7 Å². The number of hydrogen-bond donors (Lipinski definition) is 1. The summed E-state index contributed by atoms with van der Waals surface area (Å²) in [5, 5.41) is 18.4. The maximum absolute atomic E-state index is 13.1. The van der Waals surface area contributed by atoms with Crippen molar-refractivity contribution < 1.29 is 18.8 Å². The number of carbonyl (C=O) groups excluding carboxylic acids is 1. The fraction of sp³-hybridized carbons (Fsp3) is 0.0833. The molecule has 9 heteroatoms. The number of halogens is 1. The molecular formula is C24H19FN4O4. The highest BCUT2D eigenvalue weighted by Gasteiger charge is 2.19. The number of amides is 1. The zero-order valence-corrected chi connectivity index (χ0v) is 17.6. The van der Waals surface area contributed by atoms with E-state index in [1.54, 1.807) is 37.4 Å². The molecule has 0 atom stereocenters. The zero-order valence-electron chi connectivity index (χ0n) is 17.6. The summed E-state index contributed by atoms with van der Waals surface area (Å²) in [6.07, 6.45) is 0. The van der Waals surface area contributed by atoms with E-state index in [0.29, 0.717) is 17.1 Å². The predicted molar refractivity (Wildman–Crippen MR) is 120 cm³/mol. The zero-order chi connectivity index (χ0) is 23.4. The van der Waals surface area contributed by atoms with Crippen molar-refractivity contribution in [3.05, 3.63) is 106 Å².